The summed E-state index contributed by atoms with van der Waals surface area (Å²) in [6, 6.07) is 32.7. The van der Waals surface area contributed by atoms with Gasteiger partial charge >= 0.3 is 31.4 Å². The molecule has 25 nitrogen and oxygen atoms in total. The SMILES string of the molecule is CC(C)(C)OC(=O)N1CCc2c(c(-c3ccsc3Cl)nn2COCC[Si](C)(C)C)C1.CC(C)(C)OC(=O)N1CCc2c(c(B(O)O)nn2COCC[Si](C)(C)C)C1.Clc1sccc1-c1n[nH]c2c1CNCC2.Clc1sccc1Br.O=C(Nc1cccc(Cl)c1)N1CCc2[nH]nc(-c3ccsc3Cl)c2C1.O=C(Nc1cccc(Cl)c1)Oc1ccccc1. The predicted molar refractivity (Wildman–Crippen MR) is 500 cm³/mol. The lowest BCUT2D eigenvalue weighted by Crippen LogP contribution is -2.43. The van der Waals surface area contributed by atoms with Gasteiger partial charge < -0.3 is 59.1 Å². The first-order valence-electron chi connectivity index (χ1n) is 39.0. The molecule has 4 aliphatic rings. The van der Waals surface area contributed by atoms with Gasteiger partial charge in [-0.25, -0.2) is 28.5 Å². The van der Waals surface area contributed by atoms with Gasteiger partial charge in [-0.3, -0.25) is 15.5 Å². The number of thiophene rings is 4. The van der Waals surface area contributed by atoms with E-state index in [1.54, 1.807) is 97.4 Å². The fraction of sp³-hybridized carbons (Fsp3) is 0.390. The van der Waals surface area contributed by atoms with Gasteiger partial charge in [-0.1, -0.05) is 139 Å². The molecule has 11 aromatic rings. The van der Waals surface area contributed by atoms with Crippen LogP contribution in [0.4, 0.5) is 30.6 Å². The lowest BCUT2D eigenvalue weighted by Gasteiger charge is -2.30. The highest BCUT2D eigenvalue weighted by molar-refractivity contribution is 9.10. The molecule has 0 aliphatic carbocycles. The Morgan fingerprint density at radius 1 is 0.537 bits per heavy atom. The summed E-state index contributed by atoms with van der Waals surface area (Å²) in [4.78, 5) is 54.2. The maximum atomic E-state index is 12.6. The predicted octanol–water partition coefficient (Wildman–Crippen LogP) is 21.6. The van der Waals surface area contributed by atoms with Crippen molar-refractivity contribution in [1.29, 1.82) is 0 Å². The number of carbonyl (C=O) groups excluding carboxylic acids is 4. The first-order chi connectivity index (χ1) is 57.3. The zero-order valence-corrected chi connectivity index (χ0v) is 80.7. The van der Waals surface area contributed by atoms with Gasteiger partial charge in [0.1, 0.15) is 53.5 Å². The third-order valence-electron chi connectivity index (χ3n) is 18.6. The van der Waals surface area contributed by atoms with Gasteiger partial charge in [0.2, 0.25) is 0 Å². The molecule has 0 saturated carbocycles. The van der Waals surface area contributed by atoms with Gasteiger partial charge in [0.05, 0.1) is 36.6 Å². The van der Waals surface area contributed by atoms with Crippen LogP contribution in [-0.2, 0) is 84.3 Å². The molecule has 0 atom stereocenters. The largest absolute Gasteiger partial charge is 0.510 e. The summed E-state index contributed by atoms with van der Waals surface area (Å²) in [6.45, 7) is 31.9. The Morgan fingerprint density at radius 3 is 1.47 bits per heavy atom. The molecule has 5 amide bonds. The topological polar surface area (TPSA) is 294 Å². The normalized spacial score (nSPS) is 13.6. The molecule has 121 heavy (non-hydrogen) atoms. The molecular formula is C82H100BBrCl6N14O11S4Si2. The maximum absolute atomic E-state index is 12.6. The van der Waals surface area contributed by atoms with E-state index in [4.69, 9.17) is 98.4 Å². The van der Waals surface area contributed by atoms with Crippen LogP contribution in [-0.4, -0.2) is 163 Å². The summed E-state index contributed by atoms with van der Waals surface area (Å²) in [5.41, 5.74) is 14.1. The molecule has 0 fully saturated rings. The number of anilines is 2. The van der Waals surface area contributed by atoms with Crippen molar-refractivity contribution in [1.82, 2.24) is 60.0 Å². The van der Waals surface area contributed by atoms with Crippen molar-refractivity contribution in [3.63, 3.8) is 0 Å². The highest BCUT2D eigenvalue weighted by Gasteiger charge is 2.36. The Morgan fingerprint density at radius 2 is 1.00 bits per heavy atom. The average molecular weight is 1950 g/mol. The third kappa shape index (κ3) is 29.0. The van der Waals surface area contributed by atoms with Gasteiger partial charge in [-0.15, -0.1) is 45.3 Å². The molecule has 39 heteroatoms. The minimum Gasteiger partial charge on any atom is -0.444 e. The number of amides is 5. The van der Waals surface area contributed by atoms with Crippen molar-refractivity contribution < 1.29 is 52.9 Å². The lowest BCUT2D eigenvalue weighted by atomic mass is 9.81. The summed E-state index contributed by atoms with van der Waals surface area (Å²) in [6.07, 6.45) is 1.77. The van der Waals surface area contributed by atoms with Crippen LogP contribution in [0.15, 0.2) is 129 Å². The number of H-pyrrole nitrogens is 2. The van der Waals surface area contributed by atoms with E-state index >= 15 is 0 Å². The number of carbonyl (C=O) groups is 4. The molecule has 3 aromatic carbocycles. The average Bonchev–Trinajstić information content (AvgIpc) is 1.61. The monoisotopic (exact) mass is 1940 g/mol. The van der Waals surface area contributed by atoms with E-state index in [1.165, 1.54) is 45.3 Å². The summed E-state index contributed by atoms with van der Waals surface area (Å²) in [7, 11) is -4.00. The Balaban J connectivity index is 0.000000158. The molecular weight excluding hydrogens is 1840 g/mol. The number of urea groups is 1. The van der Waals surface area contributed by atoms with Crippen molar-refractivity contribution in [3.05, 3.63) is 202 Å². The Labute approximate surface area is 762 Å². The highest BCUT2D eigenvalue weighted by atomic mass is 79.9. The number of para-hydroxylation sites is 1. The number of rotatable bonds is 17. The number of ether oxygens (including phenoxy) is 5. The Hall–Kier alpha value is -7.10. The van der Waals surface area contributed by atoms with Crippen LogP contribution >= 0.6 is 131 Å². The molecule has 8 aromatic heterocycles. The van der Waals surface area contributed by atoms with E-state index in [1.807, 2.05) is 104 Å². The van der Waals surface area contributed by atoms with E-state index in [0.29, 0.717) is 100 Å². The summed E-state index contributed by atoms with van der Waals surface area (Å²) < 4.78 is 35.4. The molecule has 12 heterocycles. The molecule has 0 radical (unpaired) electrons. The first-order valence-corrected chi connectivity index (χ1v) is 53.0. The fourth-order valence-corrected chi connectivity index (χ4v) is 18.5. The molecule has 4 aliphatic heterocycles. The number of nitrogens with zero attached hydrogens (tertiary/aromatic N) is 9. The van der Waals surface area contributed by atoms with Gasteiger partial charge in [0.15, 0.2) is 0 Å². The van der Waals surface area contributed by atoms with Crippen LogP contribution in [0.2, 0.25) is 78.8 Å². The van der Waals surface area contributed by atoms with Crippen molar-refractivity contribution in [2.24, 2.45) is 0 Å². The second-order valence-corrected chi connectivity index (χ2v) is 51.8. The zero-order chi connectivity index (χ0) is 87.5. The van der Waals surface area contributed by atoms with Gasteiger partial charge in [-0.2, -0.15) is 20.4 Å². The summed E-state index contributed by atoms with van der Waals surface area (Å²) >= 11 is 45.4. The van der Waals surface area contributed by atoms with Gasteiger partial charge in [-0.05, 0) is 164 Å². The Kier molecular flexibility index (Phi) is 35.1. The van der Waals surface area contributed by atoms with Crippen LogP contribution in [0.3, 0.4) is 0 Å². The van der Waals surface area contributed by atoms with Crippen LogP contribution in [0.25, 0.3) is 33.8 Å². The minimum absolute atomic E-state index is 0.156. The molecule has 648 valence electrons. The number of halogens is 7. The summed E-state index contributed by atoms with van der Waals surface area (Å²) in [5.74, 6) is 0.493. The maximum Gasteiger partial charge on any atom is 0.510 e. The molecule has 0 spiro atoms. The van der Waals surface area contributed by atoms with Crippen molar-refractivity contribution >= 4 is 195 Å². The second kappa shape index (κ2) is 44.2. The lowest BCUT2D eigenvalue weighted by molar-refractivity contribution is 0.0208. The quantitative estimate of drug-likeness (QED) is 0.0329. The van der Waals surface area contributed by atoms with Gasteiger partial charge in [0.25, 0.3) is 0 Å². The van der Waals surface area contributed by atoms with E-state index in [9.17, 15) is 29.2 Å². The zero-order valence-electron chi connectivity index (χ0n) is 69.3. The number of aromatic nitrogens is 8. The number of nitrogens with one attached hydrogen (secondary N) is 5. The number of hydrogen-bond acceptors (Lipinski definition) is 20. The van der Waals surface area contributed by atoms with E-state index in [2.05, 4.69) is 96.7 Å². The molecule has 7 N–H and O–H groups in total. The minimum atomic E-state index is -1.69. The third-order valence-corrected chi connectivity index (χ3v) is 28.3. The number of benzene rings is 3. The van der Waals surface area contributed by atoms with E-state index in [-0.39, 0.29) is 31.0 Å². The Bertz CT molecular complexity index is 5250. The van der Waals surface area contributed by atoms with Crippen LogP contribution in [0.1, 0.15) is 86.6 Å². The van der Waals surface area contributed by atoms with E-state index < -0.39 is 46.7 Å². The molecule has 0 saturated heterocycles. The van der Waals surface area contributed by atoms with Crippen LogP contribution < -0.4 is 26.3 Å². The number of aromatic amines is 2. The molecule has 15 rings (SSSR count). The molecule has 0 bridgehead atoms. The number of hydrogen-bond donors (Lipinski definition) is 7. The van der Waals surface area contributed by atoms with Crippen LogP contribution in [0, 0.1) is 0 Å². The van der Waals surface area contributed by atoms with Gasteiger partial charge in [0, 0.05) is 175 Å². The van der Waals surface area contributed by atoms with Crippen molar-refractivity contribution in [3.8, 4) is 39.5 Å². The first kappa shape index (κ1) is 96.1. The second-order valence-electron chi connectivity index (χ2n) is 32.8. The van der Waals surface area contributed by atoms with E-state index in [0.717, 1.165) is 120 Å². The summed E-state index contributed by atoms with van der Waals surface area (Å²) in [5, 5.41) is 61.3. The van der Waals surface area contributed by atoms with Crippen LogP contribution in [0.5, 0.6) is 5.75 Å². The van der Waals surface area contributed by atoms with Crippen molar-refractivity contribution in [2.45, 2.75) is 169 Å². The standard InChI is InChI=1S/C21H32ClN3O3SSi.C17H32BN3O5Si.C17H14Cl2N4OS.C13H10ClNO2.C10H10ClN3S.C4H2BrClS/c1-21(2,3)28-20(26)24-9-7-17-16(13-24)18(15-8-11-29-19(15)22)23-25(17)14-27-10-12-30(4,5)6;1-17(2,3)26-16(22)20-8-7-14-13(11-20)15(18(23)24)19-21(14)12-25-9-10-27(4,5)6;18-10-2-1-3-11(8-10)20-17(24)23-6-4-14-13(9-23)15(22-21-14)12-5-7-25-16(12)19;14-10-5-4-6-11(9-10)15-13(16)17-12-7-2-1-3-8-12;11-10-6(2-4-15-10)9-7-5-12-3-1-8(7)13-14-9;5-3-1-2-7-4(3)6/h8,11H,7,9-10,12-14H2,1-6H3;23-24H,7-12H2,1-6H3;1-3,5,7-8H,4,6,9H2,(H,20,24)(H,21,22);1-9H,(H,15,16);2,4,12H,1,3,5H2,(H,13,14);1-2H. The smallest absolute Gasteiger partial charge is 0.444 e. The highest BCUT2D eigenvalue weighted by Crippen LogP contribution is 2.40. The number of fused-ring (bicyclic) bond motifs is 4. The van der Waals surface area contributed by atoms with Crippen molar-refractivity contribution in [2.75, 3.05) is 50.0 Å². The molecule has 0 unspecified atom stereocenters. The fourth-order valence-electron chi connectivity index (χ4n) is 12.5.